The molecule has 0 rings (SSSR count). The molecular formula is C23H51N3S3. The Morgan fingerprint density at radius 2 is 1.41 bits per heavy atom. The first-order chi connectivity index (χ1) is 13.9. The van der Waals surface area contributed by atoms with Crippen molar-refractivity contribution < 1.29 is 0 Å². The van der Waals surface area contributed by atoms with E-state index in [2.05, 4.69) is 44.4 Å². The minimum absolute atomic E-state index is 0.116. The maximum atomic E-state index is 5.70. The van der Waals surface area contributed by atoms with Gasteiger partial charge in [0.1, 0.15) is 0 Å². The van der Waals surface area contributed by atoms with E-state index in [0.29, 0.717) is 5.92 Å². The lowest BCUT2D eigenvalue weighted by Gasteiger charge is -2.27. The highest BCUT2D eigenvalue weighted by molar-refractivity contribution is 8.77. The van der Waals surface area contributed by atoms with E-state index < -0.39 is 0 Å². The van der Waals surface area contributed by atoms with Crippen LogP contribution in [0.5, 0.6) is 0 Å². The molecule has 0 spiro atoms. The molecule has 0 aliphatic rings. The van der Waals surface area contributed by atoms with Crippen molar-refractivity contribution >= 4 is 33.5 Å². The van der Waals surface area contributed by atoms with Crippen LogP contribution in [0.1, 0.15) is 105 Å². The molecule has 1 unspecified atom stereocenters. The van der Waals surface area contributed by atoms with Gasteiger partial charge in [0.15, 0.2) is 0 Å². The first-order valence-corrected chi connectivity index (χ1v) is 15.3. The van der Waals surface area contributed by atoms with E-state index in [1.807, 2.05) is 33.5 Å². The van der Waals surface area contributed by atoms with Crippen LogP contribution in [-0.2, 0) is 0 Å². The highest BCUT2D eigenvalue weighted by atomic mass is 33.1. The van der Waals surface area contributed by atoms with Gasteiger partial charge >= 0.3 is 0 Å². The first kappa shape index (κ1) is 29.9. The Kier molecular flexibility index (Phi) is 21.5. The van der Waals surface area contributed by atoms with Gasteiger partial charge in [-0.15, -0.1) is 11.8 Å². The zero-order valence-electron chi connectivity index (χ0n) is 20.1. The molecule has 0 aliphatic heterocycles. The highest BCUT2D eigenvalue weighted by Gasteiger charge is 2.18. The molecule has 0 fully saturated rings. The molecule has 0 aromatic rings. The molecule has 176 valence electrons. The van der Waals surface area contributed by atoms with E-state index in [1.165, 1.54) is 83.6 Å². The first-order valence-electron chi connectivity index (χ1n) is 12.0. The van der Waals surface area contributed by atoms with Gasteiger partial charge in [-0.2, -0.15) is 0 Å². The van der Waals surface area contributed by atoms with Gasteiger partial charge in [0.2, 0.25) is 0 Å². The summed E-state index contributed by atoms with van der Waals surface area (Å²) in [6, 6.07) is 0. The number of nitrogens with one attached hydrogen (secondary N) is 1. The number of thioether (sulfide) groups is 1. The highest BCUT2D eigenvalue weighted by Crippen LogP contribution is 2.33. The molecule has 0 radical (unpaired) electrons. The average Bonchev–Trinajstić information content (AvgIpc) is 2.70. The predicted molar refractivity (Wildman–Crippen MR) is 142 cm³/mol. The third-order valence-electron chi connectivity index (χ3n) is 5.25. The van der Waals surface area contributed by atoms with Crippen LogP contribution in [0.25, 0.3) is 0 Å². The second kappa shape index (κ2) is 20.8. The summed E-state index contributed by atoms with van der Waals surface area (Å²) in [5, 5.41) is 4.72. The van der Waals surface area contributed by atoms with Gasteiger partial charge in [0.25, 0.3) is 0 Å². The van der Waals surface area contributed by atoms with Gasteiger partial charge in [-0.25, -0.2) is 4.31 Å². The van der Waals surface area contributed by atoms with Gasteiger partial charge in [-0.1, -0.05) is 95.3 Å². The number of hydrogen-bond acceptors (Lipinski definition) is 6. The van der Waals surface area contributed by atoms with Crippen molar-refractivity contribution in [1.82, 2.24) is 9.62 Å². The molecule has 0 aromatic heterocycles. The molecule has 6 heteroatoms. The maximum absolute atomic E-state index is 5.70. The molecule has 0 saturated heterocycles. The van der Waals surface area contributed by atoms with Crippen molar-refractivity contribution in [2.45, 2.75) is 110 Å². The Bertz CT molecular complexity index is 343. The molecule has 0 aromatic carbocycles. The van der Waals surface area contributed by atoms with Crippen LogP contribution in [0.4, 0.5) is 0 Å². The molecular weight excluding hydrogens is 414 g/mol. The molecule has 29 heavy (non-hydrogen) atoms. The Labute approximate surface area is 195 Å². The fourth-order valence-corrected chi connectivity index (χ4v) is 6.75. The van der Waals surface area contributed by atoms with E-state index in [9.17, 15) is 0 Å². The van der Waals surface area contributed by atoms with E-state index in [-0.39, 0.29) is 4.87 Å². The third-order valence-corrected chi connectivity index (χ3v) is 9.46. The monoisotopic (exact) mass is 465 g/mol. The van der Waals surface area contributed by atoms with Gasteiger partial charge in [0.05, 0.1) is 9.96 Å². The van der Waals surface area contributed by atoms with E-state index in [0.717, 1.165) is 18.2 Å². The van der Waals surface area contributed by atoms with Crippen LogP contribution in [0.3, 0.4) is 0 Å². The van der Waals surface area contributed by atoms with E-state index >= 15 is 0 Å². The van der Waals surface area contributed by atoms with Crippen molar-refractivity contribution in [2.24, 2.45) is 11.7 Å². The molecule has 0 bridgehead atoms. The summed E-state index contributed by atoms with van der Waals surface area (Å²) in [7, 11) is 6.09. The predicted octanol–water partition coefficient (Wildman–Crippen LogP) is 7.53. The van der Waals surface area contributed by atoms with Crippen molar-refractivity contribution in [3.8, 4) is 0 Å². The van der Waals surface area contributed by atoms with Crippen LogP contribution in [0, 0.1) is 5.92 Å². The topological polar surface area (TPSA) is 41.3 Å². The molecule has 1 atom stereocenters. The molecule has 0 heterocycles. The number of rotatable bonds is 22. The minimum Gasteiger partial charge on any atom is -0.330 e. The average molecular weight is 466 g/mol. The maximum Gasteiger partial charge on any atom is 0.0596 e. The van der Waals surface area contributed by atoms with Crippen LogP contribution in [-0.4, -0.2) is 40.9 Å². The lowest BCUT2D eigenvalue weighted by atomic mass is 10.1. The van der Waals surface area contributed by atoms with E-state index in [4.69, 9.17) is 5.73 Å². The summed E-state index contributed by atoms with van der Waals surface area (Å²) in [6.07, 6.45) is 17.1. The van der Waals surface area contributed by atoms with Crippen LogP contribution in [0.15, 0.2) is 0 Å². The molecule has 0 saturated carbocycles. The molecule has 3 N–H and O–H groups in total. The Morgan fingerprint density at radius 1 is 0.897 bits per heavy atom. The van der Waals surface area contributed by atoms with Crippen LogP contribution in [0.2, 0.25) is 0 Å². The Morgan fingerprint density at radius 3 is 1.93 bits per heavy atom. The molecule has 0 amide bonds. The fraction of sp³-hybridized carbons (Fsp3) is 1.00. The lowest BCUT2D eigenvalue weighted by molar-refractivity contribution is 0.461. The van der Waals surface area contributed by atoms with Crippen molar-refractivity contribution in [3.63, 3.8) is 0 Å². The van der Waals surface area contributed by atoms with Crippen molar-refractivity contribution in [3.05, 3.63) is 0 Å². The SMILES string of the molecule is CCCCCCCCCCCCCCN(C)SSCSC(C)(C)NCC(C)CN. The third kappa shape index (κ3) is 21.9. The Balaban J connectivity index is 3.40. The van der Waals surface area contributed by atoms with Gasteiger partial charge < -0.3 is 11.1 Å². The van der Waals surface area contributed by atoms with Crippen LogP contribution >= 0.6 is 33.5 Å². The summed E-state index contributed by atoms with van der Waals surface area (Å²) >= 11 is 1.98. The van der Waals surface area contributed by atoms with Gasteiger partial charge in [-0.05, 0) is 50.8 Å². The zero-order valence-corrected chi connectivity index (χ0v) is 22.6. The largest absolute Gasteiger partial charge is 0.330 e. The summed E-state index contributed by atoms with van der Waals surface area (Å²) in [5.41, 5.74) is 5.70. The van der Waals surface area contributed by atoms with E-state index in [1.54, 1.807) is 0 Å². The summed E-state index contributed by atoms with van der Waals surface area (Å²) < 4.78 is 2.40. The minimum atomic E-state index is 0.116. The van der Waals surface area contributed by atoms with Crippen LogP contribution < -0.4 is 11.1 Å². The van der Waals surface area contributed by atoms with Gasteiger partial charge in [0, 0.05) is 13.1 Å². The fourth-order valence-electron chi connectivity index (χ4n) is 3.05. The number of unbranched alkanes of at least 4 members (excludes halogenated alkanes) is 11. The quantitative estimate of drug-likeness (QED) is 0.0745. The second-order valence-corrected chi connectivity index (χ2v) is 13.3. The Hall–Kier alpha value is 0.930. The van der Waals surface area contributed by atoms with Crippen molar-refractivity contribution in [1.29, 1.82) is 0 Å². The normalized spacial score (nSPS) is 13.3. The summed E-state index contributed by atoms with van der Waals surface area (Å²) in [4.78, 5) is 0.116. The second-order valence-electron chi connectivity index (χ2n) is 8.93. The standard InChI is InChI=1S/C23H51N3S3/c1-6-7-8-9-10-11-12-13-14-15-16-17-18-26(5)29-28-21-27-23(3,4)25-20-22(2)19-24/h22,25H,6-21,24H2,1-5H3. The van der Waals surface area contributed by atoms with Gasteiger partial charge in [-0.3, -0.25) is 0 Å². The summed E-state index contributed by atoms with van der Waals surface area (Å²) in [5.74, 6) is 0.540. The smallest absolute Gasteiger partial charge is 0.0596 e. The number of nitrogens with two attached hydrogens (primary N) is 1. The molecule has 0 aliphatic carbocycles. The number of hydrogen-bond donors (Lipinski definition) is 2. The number of nitrogens with zero attached hydrogens (tertiary/aromatic N) is 1. The summed E-state index contributed by atoms with van der Waals surface area (Å²) in [6.45, 7) is 12.0. The van der Waals surface area contributed by atoms with Crippen molar-refractivity contribution in [2.75, 3.05) is 31.8 Å². The lowest BCUT2D eigenvalue weighted by Crippen LogP contribution is -2.40. The molecule has 3 nitrogen and oxygen atoms in total. The zero-order chi connectivity index (χ0) is 21.8.